The molecule has 1 aromatic rings. The van der Waals surface area contributed by atoms with Crippen molar-refractivity contribution in [3.05, 3.63) is 22.6 Å². The van der Waals surface area contributed by atoms with E-state index < -0.39 is 0 Å². The molecule has 5 heteroatoms. The first-order valence-electron chi connectivity index (χ1n) is 6.64. The van der Waals surface area contributed by atoms with Gasteiger partial charge in [0, 0.05) is 25.2 Å². The molecule has 0 radical (unpaired) electrons. The Kier molecular flexibility index (Phi) is 4.01. The number of rotatable bonds is 3. The lowest BCUT2D eigenvalue weighted by Crippen LogP contribution is -2.36. The largest absolute Gasteiger partial charge is 0.370 e. The smallest absolute Gasteiger partial charge is 0.268 e. The highest BCUT2D eigenvalue weighted by Crippen LogP contribution is 2.20. The third-order valence-electron chi connectivity index (χ3n) is 3.34. The van der Waals surface area contributed by atoms with Crippen molar-refractivity contribution in [2.75, 3.05) is 18.0 Å². The van der Waals surface area contributed by atoms with E-state index in [-0.39, 0.29) is 11.6 Å². The van der Waals surface area contributed by atoms with Crippen LogP contribution >= 0.6 is 0 Å². The Hall–Kier alpha value is -1.36. The van der Waals surface area contributed by atoms with Gasteiger partial charge in [0.15, 0.2) is 0 Å². The van der Waals surface area contributed by atoms with Crippen molar-refractivity contribution in [3.8, 4) is 0 Å². The number of nitrogens with zero attached hydrogens (tertiary/aromatic N) is 3. The van der Waals surface area contributed by atoms with Crippen LogP contribution in [0.5, 0.6) is 0 Å². The average molecular weight is 250 g/mol. The van der Waals surface area contributed by atoms with Crippen molar-refractivity contribution < 1.29 is 0 Å². The lowest BCUT2D eigenvalue weighted by atomic mass is 10.00. The summed E-state index contributed by atoms with van der Waals surface area (Å²) in [7, 11) is 0. The summed E-state index contributed by atoms with van der Waals surface area (Å²) in [6.07, 6.45) is 4.23. The molecule has 5 nitrogen and oxygen atoms in total. The predicted molar refractivity (Wildman–Crippen MR) is 72.8 cm³/mol. The van der Waals surface area contributed by atoms with E-state index in [0.29, 0.717) is 12.5 Å². The van der Waals surface area contributed by atoms with Crippen LogP contribution in [0.3, 0.4) is 0 Å². The molecular formula is C13H22N4O. The molecule has 0 aliphatic carbocycles. The number of piperidine rings is 1. The minimum absolute atomic E-state index is 0.0592. The van der Waals surface area contributed by atoms with Crippen molar-refractivity contribution in [2.24, 2.45) is 11.7 Å². The molecule has 2 atom stereocenters. The van der Waals surface area contributed by atoms with E-state index in [2.05, 4.69) is 16.9 Å². The molecule has 2 rings (SSSR count). The summed E-state index contributed by atoms with van der Waals surface area (Å²) < 4.78 is 1.43. The van der Waals surface area contributed by atoms with E-state index in [1.807, 2.05) is 6.92 Å². The van der Waals surface area contributed by atoms with Crippen LogP contribution in [0.1, 0.15) is 26.7 Å². The van der Waals surface area contributed by atoms with Crippen LogP contribution in [0, 0.1) is 5.92 Å². The van der Waals surface area contributed by atoms with Gasteiger partial charge in [-0.15, -0.1) is 0 Å². The lowest BCUT2D eigenvalue weighted by molar-refractivity contribution is 0.444. The van der Waals surface area contributed by atoms with Crippen molar-refractivity contribution in [3.63, 3.8) is 0 Å². The van der Waals surface area contributed by atoms with Gasteiger partial charge in [-0.05, 0) is 25.7 Å². The van der Waals surface area contributed by atoms with Gasteiger partial charge in [0.25, 0.3) is 5.56 Å². The van der Waals surface area contributed by atoms with Crippen molar-refractivity contribution in [1.82, 2.24) is 9.78 Å². The van der Waals surface area contributed by atoms with E-state index in [0.717, 1.165) is 18.8 Å². The molecule has 1 fully saturated rings. The zero-order valence-corrected chi connectivity index (χ0v) is 11.2. The molecule has 2 N–H and O–H groups in total. The molecule has 0 aromatic carbocycles. The Balaban J connectivity index is 2.15. The average Bonchev–Trinajstić information content (AvgIpc) is 2.31. The standard InChI is InChI=1S/C13H22N4O/c1-10-4-3-5-16(8-10)12-6-13(18)17(15-7-12)9-11(2)14/h6-7,10-11H,3-5,8-9,14H2,1-2H3/t10?,11-/m0/s1. The molecule has 1 aliphatic rings. The van der Waals surface area contributed by atoms with Crippen LogP contribution in [0.2, 0.25) is 0 Å². The lowest BCUT2D eigenvalue weighted by Gasteiger charge is -2.32. The quantitative estimate of drug-likeness (QED) is 0.863. The fourth-order valence-electron chi connectivity index (χ4n) is 2.43. The van der Waals surface area contributed by atoms with E-state index in [1.54, 1.807) is 12.3 Å². The minimum atomic E-state index is -0.0666. The summed E-state index contributed by atoms with van der Waals surface area (Å²) in [6, 6.07) is 1.61. The van der Waals surface area contributed by atoms with Crippen LogP contribution in [0.25, 0.3) is 0 Å². The fourth-order valence-corrected chi connectivity index (χ4v) is 2.43. The van der Waals surface area contributed by atoms with E-state index in [4.69, 9.17) is 5.73 Å². The van der Waals surface area contributed by atoms with Gasteiger partial charge in [0.2, 0.25) is 0 Å². The summed E-state index contributed by atoms with van der Waals surface area (Å²) in [5.41, 5.74) is 6.55. The molecule has 0 saturated carbocycles. The maximum atomic E-state index is 11.9. The molecule has 2 heterocycles. The summed E-state index contributed by atoms with van der Waals surface area (Å²) in [4.78, 5) is 14.2. The Morgan fingerprint density at radius 3 is 3.00 bits per heavy atom. The maximum absolute atomic E-state index is 11.9. The third-order valence-corrected chi connectivity index (χ3v) is 3.34. The Bertz CT molecular complexity index is 455. The summed E-state index contributed by atoms with van der Waals surface area (Å²) in [6.45, 7) is 6.61. The molecule has 0 bridgehead atoms. The number of hydrogen-bond donors (Lipinski definition) is 1. The highest BCUT2D eigenvalue weighted by atomic mass is 16.1. The van der Waals surface area contributed by atoms with Gasteiger partial charge in [0.05, 0.1) is 18.4 Å². The van der Waals surface area contributed by atoms with E-state index >= 15 is 0 Å². The Morgan fingerprint density at radius 1 is 1.61 bits per heavy atom. The molecule has 1 saturated heterocycles. The Morgan fingerprint density at radius 2 is 2.39 bits per heavy atom. The van der Waals surface area contributed by atoms with E-state index in [1.165, 1.54) is 17.5 Å². The highest BCUT2D eigenvalue weighted by Gasteiger charge is 2.17. The molecule has 1 aromatic heterocycles. The second kappa shape index (κ2) is 5.52. The molecule has 1 unspecified atom stereocenters. The van der Waals surface area contributed by atoms with Gasteiger partial charge >= 0.3 is 0 Å². The van der Waals surface area contributed by atoms with Gasteiger partial charge in [0.1, 0.15) is 0 Å². The second-order valence-corrected chi connectivity index (χ2v) is 5.40. The van der Waals surface area contributed by atoms with Gasteiger partial charge in [-0.2, -0.15) is 5.10 Å². The van der Waals surface area contributed by atoms with Crippen LogP contribution in [0.4, 0.5) is 5.69 Å². The zero-order valence-electron chi connectivity index (χ0n) is 11.2. The summed E-state index contributed by atoms with van der Waals surface area (Å²) in [5, 5.41) is 4.20. The second-order valence-electron chi connectivity index (χ2n) is 5.40. The zero-order chi connectivity index (χ0) is 13.1. The summed E-state index contributed by atoms with van der Waals surface area (Å²) in [5.74, 6) is 0.685. The normalized spacial score (nSPS) is 21.9. The third kappa shape index (κ3) is 3.10. The number of nitrogens with two attached hydrogens (primary N) is 1. The predicted octanol–water partition coefficient (Wildman–Crippen LogP) is 0.827. The summed E-state index contributed by atoms with van der Waals surface area (Å²) >= 11 is 0. The van der Waals surface area contributed by atoms with Crippen molar-refractivity contribution >= 4 is 5.69 Å². The Labute approximate surface area is 108 Å². The molecule has 100 valence electrons. The molecule has 0 amide bonds. The molecule has 18 heavy (non-hydrogen) atoms. The number of aromatic nitrogens is 2. The van der Waals surface area contributed by atoms with Crippen LogP contribution in [-0.4, -0.2) is 28.9 Å². The monoisotopic (exact) mass is 250 g/mol. The number of hydrogen-bond acceptors (Lipinski definition) is 4. The van der Waals surface area contributed by atoms with Gasteiger partial charge in [-0.3, -0.25) is 4.79 Å². The molecule has 1 aliphatic heterocycles. The topological polar surface area (TPSA) is 64.2 Å². The SMILES string of the molecule is CC1CCCN(c2cnn(C[C@H](C)N)c(=O)c2)C1. The van der Waals surface area contributed by atoms with Crippen LogP contribution in [0.15, 0.2) is 17.1 Å². The van der Waals surface area contributed by atoms with Crippen molar-refractivity contribution in [2.45, 2.75) is 39.3 Å². The molecular weight excluding hydrogens is 228 g/mol. The molecule has 0 spiro atoms. The van der Waals surface area contributed by atoms with Crippen LogP contribution in [-0.2, 0) is 6.54 Å². The van der Waals surface area contributed by atoms with Crippen molar-refractivity contribution in [1.29, 1.82) is 0 Å². The van der Waals surface area contributed by atoms with Gasteiger partial charge < -0.3 is 10.6 Å². The van der Waals surface area contributed by atoms with E-state index in [9.17, 15) is 4.79 Å². The minimum Gasteiger partial charge on any atom is -0.370 e. The number of anilines is 1. The first-order chi connectivity index (χ1) is 8.56. The first kappa shape index (κ1) is 13.1. The van der Waals surface area contributed by atoms with Crippen LogP contribution < -0.4 is 16.2 Å². The fraction of sp³-hybridized carbons (Fsp3) is 0.692. The highest BCUT2D eigenvalue weighted by molar-refractivity contribution is 5.43. The van der Waals surface area contributed by atoms with Gasteiger partial charge in [-0.1, -0.05) is 6.92 Å². The first-order valence-corrected chi connectivity index (χ1v) is 6.64. The maximum Gasteiger partial charge on any atom is 0.268 e. The van der Waals surface area contributed by atoms with Gasteiger partial charge in [-0.25, -0.2) is 4.68 Å².